The molecule has 5 nitrogen and oxygen atoms in total. The minimum absolute atomic E-state index is 0.303. The largest absolute Gasteiger partial charge is 0.296 e. The molecule has 2 aliphatic heterocycles. The molecule has 2 amide bonds. The van der Waals surface area contributed by atoms with Crippen molar-refractivity contribution < 1.29 is 19.2 Å². The molecular weight excluding hydrogens is 162 g/mol. The number of fused-ring (bicyclic) bond motifs is 1. The van der Waals surface area contributed by atoms with Crippen LogP contribution < -0.4 is 0 Å². The Bertz CT molecular complexity index is 259. The van der Waals surface area contributed by atoms with Crippen LogP contribution in [0.2, 0.25) is 0 Å². The number of nitrogens with zero attached hydrogens (tertiary/aromatic N) is 1. The highest BCUT2D eigenvalue weighted by molar-refractivity contribution is 6.30. The van der Waals surface area contributed by atoms with E-state index in [2.05, 4.69) is 0 Å². The predicted octanol–water partition coefficient (Wildman–Crippen LogP) is -1.34. The number of carbonyl (C=O) groups is 4. The second kappa shape index (κ2) is 2.00. The van der Waals surface area contributed by atoms with Crippen molar-refractivity contribution in [3.8, 4) is 0 Å². The molecule has 0 atom stereocenters. The zero-order valence-electron chi connectivity index (χ0n) is 6.07. The Kier molecular flexibility index (Phi) is 1.19. The first-order valence-corrected chi connectivity index (χ1v) is 3.51. The van der Waals surface area contributed by atoms with E-state index in [0.717, 1.165) is 4.90 Å². The summed E-state index contributed by atoms with van der Waals surface area (Å²) in [5.41, 5.74) is 0. The molecule has 2 heterocycles. The zero-order chi connectivity index (χ0) is 8.88. The van der Waals surface area contributed by atoms with E-state index in [1.165, 1.54) is 0 Å². The van der Waals surface area contributed by atoms with Crippen molar-refractivity contribution >= 4 is 23.4 Å². The minimum Gasteiger partial charge on any atom is -0.296 e. The van der Waals surface area contributed by atoms with E-state index < -0.39 is 29.4 Å². The monoisotopic (exact) mass is 167 g/mol. The lowest BCUT2D eigenvalue weighted by Gasteiger charge is -2.08. The Morgan fingerprint density at radius 2 is 1.33 bits per heavy atom. The summed E-state index contributed by atoms with van der Waals surface area (Å²) in [5, 5.41) is 0. The normalized spacial score (nSPS) is 24.2. The summed E-state index contributed by atoms with van der Waals surface area (Å²) in [6.07, 6.45) is -0.607. The third kappa shape index (κ3) is 0.677. The Morgan fingerprint density at radius 1 is 0.917 bits per heavy atom. The van der Waals surface area contributed by atoms with Gasteiger partial charge in [-0.1, -0.05) is 0 Å². The van der Waals surface area contributed by atoms with Crippen LogP contribution in [-0.4, -0.2) is 34.3 Å². The summed E-state index contributed by atoms with van der Waals surface area (Å²) in [4.78, 5) is 44.7. The molecule has 2 fully saturated rings. The van der Waals surface area contributed by atoms with Crippen molar-refractivity contribution in [2.45, 2.75) is 18.9 Å². The lowest BCUT2D eigenvalue weighted by Crippen LogP contribution is -2.35. The number of carbonyl (C=O) groups excluding carboxylic acids is 4. The Labute approximate surface area is 67.3 Å². The highest BCUT2D eigenvalue weighted by Gasteiger charge is 2.51. The van der Waals surface area contributed by atoms with Crippen molar-refractivity contribution in [1.29, 1.82) is 0 Å². The second-order valence-corrected chi connectivity index (χ2v) is 2.85. The van der Waals surface area contributed by atoms with E-state index in [1.54, 1.807) is 0 Å². The molecule has 0 unspecified atom stereocenters. The Morgan fingerprint density at radius 3 is 1.67 bits per heavy atom. The number of rotatable bonds is 0. The topological polar surface area (TPSA) is 71.5 Å². The molecule has 5 heteroatoms. The van der Waals surface area contributed by atoms with Gasteiger partial charge >= 0.3 is 0 Å². The van der Waals surface area contributed by atoms with Crippen LogP contribution in [0.3, 0.4) is 0 Å². The molecule has 0 bridgehead atoms. The summed E-state index contributed by atoms with van der Waals surface area (Å²) in [6.45, 7) is 0. The van der Waals surface area contributed by atoms with Crippen molar-refractivity contribution in [2.75, 3.05) is 0 Å². The average molecular weight is 167 g/mol. The van der Waals surface area contributed by atoms with Gasteiger partial charge < -0.3 is 0 Å². The van der Waals surface area contributed by atoms with Gasteiger partial charge in [0.15, 0.2) is 17.6 Å². The molecule has 0 saturated carbocycles. The fraction of sp³-hybridized carbons (Fsp3) is 0.429. The fourth-order valence-corrected chi connectivity index (χ4v) is 1.56. The molecule has 0 aromatic heterocycles. The molecule has 2 aliphatic rings. The van der Waals surface area contributed by atoms with Crippen LogP contribution in [-0.2, 0) is 19.2 Å². The van der Waals surface area contributed by atoms with Gasteiger partial charge in [0.25, 0.3) is 0 Å². The standard InChI is InChI=1S/C7H5NO4/c9-3-1-5(11)8-6(12)2-4(10)7(3)8/h7H,1-2H2. The van der Waals surface area contributed by atoms with Crippen LogP contribution in [0.1, 0.15) is 12.8 Å². The number of hydrogen-bond donors (Lipinski definition) is 0. The summed E-state index contributed by atoms with van der Waals surface area (Å²) in [5.74, 6) is -1.98. The van der Waals surface area contributed by atoms with Crippen LogP contribution in [0.4, 0.5) is 0 Å². The van der Waals surface area contributed by atoms with E-state index in [4.69, 9.17) is 0 Å². The third-order valence-corrected chi connectivity index (χ3v) is 2.06. The number of amides is 2. The van der Waals surface area contributed by atoms with Crippen molar-refractivity contribution in [3.63, 3.8) is 0 Å². The van der Waals surface area contributed by atoms with E-state index in [0.29, 0.717) is 0 Å². The number of ketones is 2. The SMILES string of the molecule is O=C1CC(=O)N2C(=O)CC(=O)C12. The molecule has 0 spiro atoms. The summed E-state index contributed by atoms with van der Waals surface area (Å²) in [7, 11) is 0. The third-order valence-electron chi connectivity index (χ3n) is 2.06. The van der Waals surface area contributed by atoms with Crippen LogP contribution in [0.5, 0.6) is 0 Å². The summed E-state index contributed by atoms with van der Waals surface area (Å²) < 4.78 is 0. The summed E-state index contributed by atoms with van der Waals surface area (Å²) >= 11 is 0. The molecule has 0 N–H and O–H groups in total. The highest BCUT2D eigenvalue weighted by atomic mass is 16.2. The first-order valence-electron chi connectivity index (χ1n) is 3.51. The number of Topliss-reactive ketones (excluding diaryl/α,β-unsaturated/α-hetero) is 2. The molecule has 2 rings (SSSR count). The van der Waals surface area contributed by atoms with Crippen LogP contribution in [0.15, 0.2) is 0 Å². The molecule has 0 aromatic rings. The smallest absolute Gasteiger partial charge is 0.237 e. The van der Waals surface area contributed by atoms with Gasteiger partial charge in [-0.25, -0.2) is 0 Å². The van der Waals surface area contributed by atoms with E-state index >= 15 is 0 Å². The molecule has 0 radical (unpaired) electrons. The molecule has 12 heavy (non-hydrogen) atoms. The molecule has 0 aromatic carbocycles. The van der Waals surface area contributed by atoms with Gasteiger partial charge in [0, 0.05) is 0 Å². The summed E-state index contributed by atoms with van der Waals surface area (Å²) in [6, 6.07) is -1.08. The van der Waals surface area contributed by atoms with Gasteiger partial charge in [-0.05, 0) is 0 Å². The maximum Gasteiger partial charge on any atom is 0.237 e. The number of imide groups is 1. The molecule has 0 aliphatic carbocycles. The maximum absolute atomic E-state index is 11.0. The van der Waals surface area contributed by atoms with Crippen LogP contribution >= 0.6 is 0 Å². The van der Waals surface area contributed by atoms with Crippen LogP contribution in [0, 0.1) is 0 Å². The quantitative estimate of drug-likeness (QED) is 0.330. The van der Waals surface area contributed by atoms with E-state index in [-0.39, 0.29) is 12.8 Å². The zero-order valence-corrected chi connectivity index (χ0v) is 6.07. The van der Waals surface area contributed by atoms with Gasteiger partial charge in [0.2, 0.25) is 11.8 Å². The Balaban J connectivity index is 2.45. The molecular formula is C7H5NO4. The molecule has 62 valence electrons. The van der Waals surface area contributed by atoms with Crippen molar-refractivity contribution in [1.82, 2.24) is 4.90 Å². The molecule has 2 saturated heterocycles. The van der Waals surface area contributed by atoms with Gasteiger partial charge in [-0.2, -0.15) is 0 Å². The van der Waals surface area contributed by atoms with Gasteiger partial charge in [-0.15, -0.1) is 0 Å². The number of hydrogen-bond acceptors (Lipinski definition) is 4. The highest BCUT2D eigenvalue weighted by Crippen LogP contribution is 2.24. The fourth-order valence-electron chi connectivity index (χ4n) is 1.56. The maximum atomic E-state index is 11.0. The lowest BCUT2D eigenvalue weighted by molar-refractivity contribution is -0.141. The first kappa shape index (κ1) is 7.15. The van der Waals surface area contributed by atoms with Gasteiger partial charge in [0.05, 0.1) is 12.8 Å². The van der Waals surface area contributed by atoms with E-state index in [1.807, 2.05) is 0 Å². The second-order valence-electron chi connectivity index (χ2n) is 2.85. The van der Waals surface area contributed by atoms with Crippen molar-refractivity contribution in [3.05, 3.63) is 0 Å². The Hall–Kier alpha value is -1.52. The van der Waals surface area contributed by atoms with E-state index in [9.17, 15) is 19.2 Å². The predicted molar refractivity (Wildman–Crippen MR) is 34.9 cm³/mol. The van der Waals surface area contributed by atoms with Gasteiger partial charge in [0.1, 0.15) is 0 Å². The van der Waals surface area contributed by atoms with Gasteiger partial charge in [-0.3, -0.25) is 24.1 Å². The average Bonchev–Trinajstić information content (AvgIpc) is 2.38. The van der Waals surface area contributed by atoms with Crippen LogP contribution in [0.25, 0.3) is 0 Å². The van der Waals surface area contributed by atoms with Crippen molar-refractivity contribution in [2.24, 2.45) is 0 Å². The minimum atomic E-state index is -1.08. The first-order chi connectivity index (χ1) is 5.61. The lowest BCUT2D eigenvalue weighted by atomic mass is 10.1.